The fraction of sp³-hybridized carbons (Fsp3) is 0.353. The largest absolute Gasteiger partial charge is 0.482 e. The number of nitrogens with one attached hydrogen (secondary N) is 1. The molecular formula is C34H36N2O3. The van der Waals surface area contributed by atoms with E-state index < -0.39 is 0 Å². The van der Waals surface area contributed by atoms with Gasteiger partial charge in [-0.3, -0.25) is 9.59 Å². The van der Waals surface area contributed by atoms with Gasteiger partial charge in [-0.2, -0.15) is 0 Å². The third kappa shape index (κ3) is 5.49. The predicted octanol–water partition coefficient (Wildman–Crippen LogP) is 6.51. The molecule has 1 saturated heterocycles. The number of morpholine rings is 1. The Morgan fingerprint density at radius 2 is 1.79 bits per heavy atom. The fourth-order valence-electron chi connectivity index (χ4n) is 6.40. The van der Waals surface area contributed by atoms with Crippen molar-refractivity contribution in [1.82, 2.24) is 10.2 Å². The van der Waals surface area contributed by atoms with Crippen molar-refractivity contribution in [1.29, 1.82) is 0 Å². The summed E-state index contributed by atoms with van der Waals surface area (Å²) in [6.07, 6.45) is 9.13. The molecule has 2 aliphatic carbocycles. The van der Waals surface area contributed by atoms with E-state index in [1.165, 1.54) is 16.7 Å². The molecule has 0 radical (unpaired) electrons. The van der Waals surface area contributed by atoms with Crippen LogP contribution in [-0.4, -0.2) is 28.9 Å². The van der Waals surface area contributed by atoms with Crippen molar-refractivity contribution in [3.63, 3.8) is 0 Å². The van der Waals surface area contributed by atoms with Gasteiger partial charge in [0.1, 0.15) is 6.10 Å². The Morgan fingerprint density at radius 3 is 2.64 bits per heavy atom. The molecule has 0 aromatic heterocycles. The fourth-order valence-corrected chi connectivity index (χ4v) is 6.40. The number of nitrogens with zero attached hydrogens (tertiary/aromatic N) is 1. The number of benzene rings is 3. The van der Waals surface area contributed by atoms with Gasteiger partial charge in [-0.05, 0) is 85.9 Å². The van der Waals surface area contributed by atoms with Crippen molar-refractivity contribution < 1.29 is 14.3 Å². The molecule has 3 aliphatic rings. The van der Waals surface area contributed by atoms with E-state index in [0.717, 1.165) is 56.1 Å². The minimum Gasteiger partial charge on any atom is -0.482 e. The molecule has 39 heavy (non-hydrogen) atoms. The first-order valence-electron chi connectivity index (χ1n) is 14.3. The van der Waals surface area contributed by atoms with Crippen molar-refractivity contribution in [3.05, 3.63) is 112 Å². The Balaban J connectivity index is 1.18. The van der Waals surface area contributed by atoms with E-state index in [1.807, 2.05) is 41.3 Å². The van der Waals surface area contributed by atoms with Crippen LogP contribution in [0, 0.1) is 6.92 Å². The highest BCUT2D eigenvalue weighted by atomic mass is 16.5. The SMILES string of the molecule is Cc1cccc(CN2C(=O)/C(=C\c3ccc(C(=O)NC4CCCc5ccccc54)cc3)OC3CCCCC32)c1. The van der Waals surface area contributed by atoms with Crippen molar-refractivity contribution in [2.24, 2.45) is 0 Å². The lowest BCUT2D eigenvalue weighted by Gasteiger charge is -2.44. The molecule has 0 spiro atoms. The molecule has 3 aromatic rings. The molecular weight excluding hydrogens is 484 g/mol. The quantitative estimate of drug-likeness (QED) is 0.390. The first-order chi connectivity index (χ1) is 19.0. The van der Waals surface area contributed by atoms with Gasteiger partial charge < -0.3 is 15.0 Å². The summed E-state index contributed by atoms with van der Waals surface area (Å²) >= 11 is 0. The van der Waals surface area contributed by atoms with Gasteiger partial charge >= 0.3 is 0 Å². The topological polar surface area (TPSA) is 58.6 Å². The van der Waals surface area contributed by atoms with Gasteiger partial charge in [0, 0.05) is 12.1 Å². The molecule has 200 valence electrons. The first kappa shape index (κ1) is 25.4. The smallest absolute Gasteiger partial charge is 0.289 e. The van der Waals surface area contributed by atoms with Gasteiger partial charge in [0.15, 0.2) is 5.76 Å². The minimum atomic E-state index is -0.0738. The van der Waals surface area contributed by atoms with Gasteiger partial charge in [0.25, 0.3) is 11.8 Å². The van der Waals surface area contributed by atoms with Crippen LogP contribution in [0.1, 0.15) is 82.7 Å². The molecule has 2 amide bonds. The van der Waals surface area contributed by atoms with Crippen molar-refractivity contribution in [2.45, 2.75) is 76.6 Å². The number of carbonyl (C=O) groups is 2. The number of ether oxygens (including phenoxy) is 1. The molecule has 1 aliphatic heterocycles. The van der Waals surface area contributed by atoms with Crippen LogP contribution in [0.25, 0.3) is 6.08 Å². The molecule has 6 rings (SSSR count). The van der Waals surface area contributed by atoms with Gasteiger partial charge in [-0.15, -0.1) is 0 Å². The zero-order valence-electron chi connectivity index (χ0n) is 22.6. The number of fused-ring (bicyclic) bond motifs is 2. The standard InChI is InChI=1S/C34H36N2O3/c1-23-8-6-9-25(20-23)22-36-30-14-4-5-15-31(30)39-32(34(36)38)21-24-16-18-27(19-17-24)33(37)35-29-13-7-11-26-10-2-3-12-28(26)29/h2-3,6,8-10,12,16-21,29-31H,4-5,7,11,13-15,22H2,1H3,(H,35,37)/b32-21+. The van der Waals surface area contributed by atoms with Crippen LogP contribution < -0.4 is 5.32 Å². The van der Waals surface area contributed by atoms with Crippen LogP contribution in [0.5, 0.6) is 0 Å². The maximum atomic E-state index is 13.6. The van der Waals surface area contributed by atoms with Crippen LogP contribution in [0.4, 0.5) is 0 Å². The summed E-state index contributed by atoms with van der Waals surface area (Å²) in [5, 5.41) is 3.22. The summed E-state index contributed by atoms with van der Waals surface area (Å²) in [5.74, 6) is 0.259. The van der Waals surface area contributed by atoms with Gasteiger partial charge in [0.05, 0.1) is 12.1 Å². The number of aryl methyl sites for hydroxylation is 2. The summed E-state index contributed by atoms with van der Waals surface area (Å²) in [4.78, 5) is 28.7. The monoisotopic (exact) mass is 520 g/mol. The molecule has 2 fully saturated rings. The zero-order valence-corrected chi connectivity index (χ0v) is 22.6. The van der Waals surface area contributed by atoms with Crippen LogP contribution in [-0.2, 0) is 22.5 Å². The molecule has 3 atom stereocenters. The van der Waals surface area contributed by atoms with E-state index in [-0.39, 0.29) is 30.0 Å². The van der Waals surface area contributed by atoms with Gasteiger partial charge in [-0.25, -0.2) is 0 Å². The number of carbonyl (C=O) groups excluding carboxylic acids is 2. The average molecular weight is 521 g/mol. The maximum Gasteiger partial charge on any atom is 0.289 e. The van der Waals surface area contributed by atoms with E-state index in [2.05, 4.69) is 54.7 Å². The number of hydrogen-bond acceptors (Lipinski definition) is 3. The summed E-state index contributed by atoms with van der Waals surface area (Å²) in [6.45, 7) is 2.67. The lowest BCUT2D eigenvalue weighted by molar-refractivity contribution is -0.149. The Labute approximate surface area is 230 Å². The normalized spacial score (nSPS) is 23.5. The van der Waals surface area contributed by atoms with Crippen LogP contribution in [0.2, 0.25) is 0 Å². The number of amides is 2. The van der Waals surface area contributed by atoms with E-state index in [4.69, 9.17) is 4.74 Å². The Kier molecular flexibility index (Phi) is 7.23. The predicted molar refractivity (Wildman–Crippen MR) is 153 cm³/mol. The third-order valence-corrected chi connectivity index (χ3v) is 8.40. The highest BCUT2D eigenvalue weighted by Crippen LogP contribution is 2.34. The number of rotatable bonds is 5. The minimum absolute atomic E-state index is 0.0240. The molecule has 1 heterocycles. The molecule has 1 N–H and O–H groups in total. The highest BCUT2D eigenvalue weighted by Gasteiger charge is 2.41. The molecule has 5 heteroatoms. The lowest BCUT2D eigenvalue weighted by atomic mass is 9.87. The summed E-state index contributed by atoms with van der Waals surface area (Å²) in [7, 11) is 0. The van der Waals surface area contributed by atoms with Gasteiger partial charge in [0.2, 0.25) is 0 Å². The number of hydrogen-bond donors (Lipinski definition) is 1. The van der Waals surface area contributed by atoms with Crippen molar-refractivity contribution >= 4 is 17.9 Å². The lowest BCUT2D eigenvalue weighted by Crippen LogP contribution is -2.54. The summed E-state index contributed by atoms with van der Waals surface area (Å²) in [6, 6.07) is 24.4. The maximum absolute atomic E-state index is 13.6. The van der Waals surface area contributed by atoms with E-state index in [0.29, 0.717) is 17.9 Å². The Bertz CT molecular complexity index is 1390. The Morgan fingerprint density at radius 1 is 0.974 bits per heavy atom. The first-order valence-corrected chi connectivity index (χ1v) is 14.3. The van der Waals surface area contributed by atoms with Crippen molar-refractivity contribution in [3.8, 4) is 0 Å². The zero-order chi connectivity index (χ0) is 26.8. The highest BCUT2D eigenvalue weighted by molar-refractivity contribution is 5.97. The summed E-state index contributed by atoms with van der Waals surface area (Å²) in [5.41, 5.74) is 6.35. The molecule has 1 saturated carbocycles. The van der Waals surface area contributed by atoms with Crippen LogP contribution in [0.15, 0.2) is 78.6 Å². The molecule has 3 unspecified atom stereocenters. The molecule has 5 nitrogen and oxygen atoms in total. The van der Waals surface area contributed by atoms with E-state index >= 15 is 0 Å². The van der Waals surface area contributed by atoms with Gasteiger partial charge in [-0.1, -0.05) is 72.6 Å². The summed E-state index contributed by atoms with van der Waals surface area (Å²) < 4.78 is 6.30. The average Bonchev–Trinajstić information content (AvgIpc) is 2.96. The molecule has 0 bridgehead atoms. The van der Waals surface area contributed by atoms with E-state index in [9.17, 15) is 9.59 Å². The Hall–Kier alpha value is -3.86. The second-order valence-electron chi connectivity index (χ2n) is 11.2. The van der Waals surface area contributed by atoms with Crippen molar-refractivity contribution in [2.75, 3.05) is 0 Å². The van der Waals surface area contributed by atoms with Crippen LogP contribution in [0.3, 0.4) is 0 Å². The van der Waals surface area contributed by atoms with Crippen LogP contribution >= 0.6 is 0 Å². The third-order valence-electron chi connectivity index (χ3n) is 8.40. The second kappa shape index (κ2) is 11.1. The van der Waals surface area contributed by atoms with E-state index in [1.54, 1.807) is 0 Å². The second-order valence-corrected chi connectivity index (χ2v) is 11.2. The molecule has 3 aromatic carbocycles.